The van der Waals surface area contributed by atoms with Gasteiger partial charge in [-0.2, -0.15) is 13.2 Å². The van der Waals surface area contributed by atoms with Gasteiger partial charge in [0.15, 0.2) is 0 Å². The largest absolute Gasteiger partial charge is 0.416 e. The normalized spacial score (nSPS) is 18.6. The Kier molecular flexibility index (Phi) is 10.6. The SMILES string of the molecule is CC(C)CC(N)c1cc(C(F)(F)F)ccc1N1CCN(C(=O)C(Cc2ccc(Cl)cc2Cl)N2CCSC(=O)C2)CC1. The fourth-order valence-electron chi connectivity index (χ4n) is 5.43. The first-order valence-corrected chi connectivity index (χ1v) is 15.4. The van der Waals surface area contributed by atoms with Gasteiger partial charge in [0, 0.05) is 60.3 Å². The minimum atomic E-state index is -4.47. The number of piperazine rings is 1. The van der Waals surface area contributed by atoms with E-state index < -0.39 is 23.8 Å². The molecule has 2 aliphatic rings. The number of benzene rings is 2. The number of nitrogens with zero attached hydrogens (tertiary/aromatic N) is 3. The Morgan fingerprint density at radius 3 is 2.37 bits per heavy atom. The molecule has 224 valence electrons. The monoisotopic (exact) mass is 630 g/mol. The van der Waals surface area contributed by atoms with Crippen molar-refractivity contribution in [2.75, 3.05) is 49.9 Å². The lowest BCUT2D eigenvalue weighted by Gasteiger charge is -2.41. The van der Waals surface area contributed by atoms with E-state index in [1.165, 1.54) is 17.8 Å². The molecule has 2 aromatic rings. The summed E-state index contributed by atoms with van der Waals surface area (Å²) in [4.78, 5) is 31.9. The fourth-order valence-corrected chi connectivity index (χ4v) is 6.73. The minimum absolute atomic E-state index is 0.0219. The van der Waals surface area contributed by atoms with Gasteiger partial charge < -0.3 is 15.5 Å². The maximum Gasteiger partial charge on any atom is 0.416 e. The Bertz CT molecular complexity index is 1260. The van der Waals surface area contributed by atoms with E-state index in [0.717, 1.165) is 17.7 Å². The molecule has 0 spiro atoms. The second kappa shape index (κ2) is 13.5. The van der Waals surface area contributed by atoms with Crippen molar-refractivity contribution >= 4 is 51.7 Å². The first-order chi connectivity index (χ1) is 19.3. The van der Waals surface area contributed by atoms with E-state index in [-0.39, 0.29) is 23.5 Å². The Morgan fingerprint density at radius 1 is 1.05 bits per heavy atom. The first kappa shape index (κ1) is 31.9. The average molecular weight is 632 g/mol. The van der Waals surface area contributed by atoms with Crippen molar-refractivity contribution in [1.29, 1.82) is 0 Å². The van der Waals surface area contributed by atoms with Crippen LogP contribution in [0.5, 0.6) is 0 Å². The van der Waals surface area contributed by atoms with Crippen LogP contribution in [0.3, 0.4) is 0 Å². The summed E-state index contributed by atoms with van der Waals surface area (Å²) in [6.45, 7) is 6.42. The molecule has 2 aromatic carbocycles. The van der Waals surface area contributed by atoms with E-state index in [1.807, 2.05) is 23.6 Å². The van der Waals surface area contributed by atoms with Crippen molar-refractivity contribution in [3.05, 3.63) is 63.1 Å². The van der Waals surface area contributed by atoms with Crippen LogP contribution in [0, 0.1) is 5.92 Å². The molecule has 41 heavy (non-hydrogen) atoms. The van der Waals surface area contributed by atoms with Gasteiger partial charge in [0.1, 0.15) is 0 Å². The van der Waals surface area contributed by atoms with Crippen molar-refractivity contribution in [3.63, 3.8) is 0 Å². The van der Waals surface area contributed by atoms with Crippen LogP contribution in [0.2, 0.25) is 10.0 Å². The van der Waals surface area contributed by atoms with E-state index in [1.54, 1.807) is 23.1 Å². The summed E-state index contributed by atoms with van der Waals surface area (Å²) < 4.78 is 40.6. The van der Waals surface area contributed by atoms with Crippen LogP contribution in [0.1, 0.15) is 43.0 Å². The zero-order valence-corrected chi connectivity index (χ0v) is 25.4. The summed E-state index contributed by atoms with van der Waals surface area (Å²) in [7, 11) is 0. The molecule has 12 heteroatoms. The maximum atomic E-state index is 13.9. The van der Waals surface area contributed by atoms with Crippen molar-refractivity contribution in [3.8, 4) is 0 Å². The average Bonchev–Trinajstić information content (AvgIpc) is 2.91. The maximum absolute atomic E-state index is 13.9. The minimum Gasteiger partial charge on any atom is -0.368 e. The molecule has 1 amide bonds. The van der Waals surface area contributed by atoms with Gasteiger partial charge in [-0.3, -0.25) is 14.5 Å². The van der Waals surface area contributed by atoms with Gasteiger partial charge in [0.05, 0.1) is 18.2 Å². The third kappa shape index (κ3) is 8.10. The topological polar surface area (TPSA) is 69.9 Å². The predicted octanol–water partition coefficient (Wildman–Crippen LogP) is 5.89. The standard InChI is InChI=1S/C29H35Cl2F3N4O2S/c1-18(2)13-24(35)22-15-20(29(32,33)34)4-6-25(22)36-7-9-37(10-8-36)28(40)26(38-11-12-41-27(39)17-38)14-19-3-5-21(30)16-23(19)31/h3-6,15-16,18,24,26H,7-14,17,35H2,1-2H3. The summed E-state index contributed by atoms with van der Waals surface area (Å²) in [5, 5.41) is 0.983. The van der Waals surface area contributed by atoms with E-state index >= 15 is 0 Å². The smallest absolute Gasteiger partial charge is 0.368 e. The van der Waals surface area contributed by atoms with Gasteiger partial charge in [-0.05, 0) is 60.2 Å². The number of halogens is 5. The first-order valence-electron chi connectivity index (χ1n) is 13.7. The number of nitrogens with two attached hydrogens (primary N) is 1. The number of carbonyl (C=O) groups excluding carboxylic acids is 2. The Hall–Kier alpha value is -1.98. The summed E-state index contributed by atoms with van der Waals surface area (Å²) in [6.07, 6.45) is -3.58. The Morgan fingerprint density at radius 2 is 1.76 bits per heavy atom. The quantitative estimate of drug-likeness (QED) is 0.392. The van der Waals surface area contributed by atoms with Crippen molar-refractivity contribution in [2.45, 2.75) is 44.9 Å². The van der Waals surface area contributed by atoms with Gasteiger partial charge in [-0.15, -0.1) is 0 Å². The molecule has 6 nitrogen and oxygen atoms in total. The number of thioether (sulfide) groups is 1. The molecule has 0 saturated carbocycles. The fraction of sp³-hybridized carbons (Fsp3) is 0.517. The summed E-state index contributed by atoms with van der Waals surface area (Å²) >= 11 is 13.8. The van der Waals surface area contributed by atoms with Crippen LogP contribution in [0.15, 0.2) is 36.4 Å². The lowest BCUT2D eigenvalue weighted by atomic mass is 9.94. The van der Waals surface area contributed by atoms with Gasteiger partial charge in [0.2, 0.25) is 11.0 Å². The van der Waals surface area contributed by atoms with E-state index in [0.29, 0.717) is 72.6 Å². The molecule has 0 radical (unpaired) electrons. The lowest BCUT2D eigenvalue weighted by Crippen LogP contribution is -2.57. The number of carbonyl (C=O) groups is 2. The van der Waals surface area contributed by atoms with Crippen molar-refractivity contribution < 1.29 is 22.8 Å². The third-order valence-corrected chi connectivity index (χ3v) is 8.96. The highest BCUT2D eigenvalue weighted by Crippen LogP contribution is 2.37. The van der Waals surface area contributed by atoms with Gasteiger partial charge >= 0.3 is 6.18 Å². The number of hydrogen-bond donors (Lipinski definition) is 1. The van der Waals surface area contributed by atoms with Crippen molar-refractivity contribution in [2.24, 2.45) is 11.7 Å². The summed E-state index contributed by atoms with van der Waals surface area (Å²) in [5.74, 6) is 0.727. The summed E-state index contributed by atoms with van der Waals surface area (Å²) in [5.41, 5.74) is 7.59. The van der Waals surface area contributed by atoms with Crippen LogP contribution in [-0.2, 0) is 22.2 Å². The highest BCUT2D eigenvalue weighted by atomic mass is 35.5. The van der Waals surface area contributed by atoms with Crippen LogP contribution in [-0.4, -0.2) is 71.9 Å². The van der Waals surface area contributed by atoms with Gasteiger partial charge in [-0.1, -0.05) is 54.9 Å². The molecule has 2 saturated heterocycles. The molecule has 2 unspecified atom stereocenters. The Labute approximate surface area is 253 Å². The molecule has 4 rings (SSSR count). The van der Waals surface area contributed by atoms with E-state index in [2.05, 4.69) is 0 Å². The van der Waals surface area contributed by atoms with Crippen LogP contribution < -0.4 is 10.6 Å². The molecule has 2 fully saturated rings. The highest BCUT2D eigenvalue weighted by Gasteiger charge is 2.36. The molecule has 2 atom stereocenters. The van der Waals surface area contributed by atoms with Gasteiger partial charge in [-0.25, -0.2) is 0 Å². The molecular formula is C29H35Cl2F3N4O2S. The van der Waals surface area contributed by atoms with Crippen LogP contribution in [0.4, 0.5) is 18.9 Å². The Balaban J connectivity index is 1.53. The van der Waals surface area contributed by atoms with Crippen LogP contribution in [0.25, 0.3) is 0 Å². The molecular weight excluding hydrogens is 596 g/mol. The number of amides is 1. The highest BCUT2D eigenvalue weighted by molar-refractivity contribution is 8.13. The zero-order valence-electron chi connectivity index (χ0n) is 23.1. The molecule has 2 heterocycles. The third-order valence-electron chi connectivity index (χ3n) is 7.54. The predicted molar refractivity (Wildman–Crippen MR) is 160 cm³/mol. The molecule has 0 aromatic heterocycles. The number of alkyl halides is 3. The van der Waals surface area contributed by atoms with E-state index in [4.69, 9.17) is 28.9 Å². The second-order valence-electron chi connectivity index (χ2n) is 11.0. The zero-order chi connectivity index (χ0) is 29.9. The molecule has 2 N–H and O–H groups in total. The lowest BCUT2D eigenvalue weighted by molar-refractivity contribution is -0.138. The summed E-state index contributed by atoms with van der Waals surface area (Å²) in [6, 6.07) is 7.80. The van der Waals surface area contributed by atoms with Gasteiger partial charge in [0.25, 0.3) is 0 Å². The van der Waals surface area contributed by atoms with Crippen molar-refractivity contribution in [1.82, 2.24) is 9.80 Å². The van der Waals surface area contributed by atoms with E-state index in [9.17, 15) is 22.8 Å². The number of rotatable bonds is 8. The molecule has 0 aliphatic carbocycles. The number of hydrogen-bond acceptors (Lipinski definition) is 6. The number of anilines is 1. The molecule has 2 aliphatic heterocycles. The van der Waals surface area contributed by atoms with Crippen LogP contribution >= 0.6 is 35.0 Å². The second-order valence-corrected chi connectivity index (χ2v) is 13.0. The molecule has 0 bridgehead atoms.